The number of aryl methyl sites for hydroxylation is 1. The number of benzene rings is 1. The Bertz CT molecular complexity index is 404. The Morgan fingerprint density at radius 2 is 2.15 bits per heavy atom. The zero-order chi connectivity index (χ0) is 9.26. The second kappa shape index (κ2) is 3.27. The van der Waals surface area contributed by atoms with E-state index in [4.69, 9.17) is 16.0 Å². The minimum Gasteiger partial charge on any atom is -0.453 e. The highest BCUT2D eigenvalue weighted by Gasteiger charge is 2.02. The summed E-state index contributed by atoms with van der Waals surface area (Å²) in [6.07, 6.45) is 2.64. The number of rotatable bonds is 1. The quantitative estimate of drug-likeness (QED) is 0.670. The molecule has 0 aliphatic carbocycles. The van der Waals surface area contributed by atoms with Crippen LogP contribution in [-0.4, -0.2) is 0 Å². The lowest BCUT2D eigenvalue weighted by molar-refractivity contribution is 0.573. The van der Waals surface area contributed by atoms with Gasteiger partial charge in [0.2, 0.25) is 0 Å². The van der Waals surface area contributed by atoms with E-state index in [0.717, 1.165) is 21.9 Å². The highest BCUT2D eigenvalue weighted by Crippen LogP contribution is 2.25. The Balaban J connectivity index is 2.49. The molecule has 2 heteroatoms. The van der Waals surface area contributed by atoms with E-state index in [1.807, 2.05) is 31.2 Å². The van der Waals surface area contributed by atoms with Crippen LogP contribution in [0.3, 0.4) is 0 Å². The highest BCUT2D eigenvalue weighted by molar-refractivity contribution is 6.31. The summed E-state index contributed by atoms with van der Waals surface area (Å²) < 4.78 is 5.13. The first kappa shape index (κ1) is 8.39. The van der Waals surface area contributed by atoms with E-state index in [1.54, 1.807) is 6.07 Å². The summed E-state index contributed by atoms with van der Waals surface area (Å²) in [7, 11) is 0. The van der Waals surface area contributed by atoms with Crippen molar-refractivity contribution in [3.8, 4) is 11.3 Å². The van der Waals surface area contributed by atoms with Crippen molar-refractivity contribution in [2.24, 2.45) is 0 Å². The second-order valence-corrected chi connectivity index (χ2v) is 3.29. The van der Waals surface area contributed by atoms with E-state index in [2.05, 4.69) is 6.26 Å². The van der Waals surface area contributed by atoms with Gasteiger partial charge in [-0.3, -0.25) is 0 Å². The first-order valence-corrected chi connectivity index (χ1v) is 4.37. The smallest absolute Gasteiger partial charge is 0.170 e. The molecule has 13 heavy (non-hydrogen) atoms. The maximum atomic E-state index is 5.98. The number of hydrogen-bond acceptors (Lipinski definition) is 1. The van der Waals surface area contributed by atoms with Crippen LogP contribution >= 0.6 is 11.6 Å². The molecule has 0 fully saturated rings. The first-order valence-electron chi connectivity index (χ1n) is 4.00. The minimum absolute atomic E-state index is 0.758. The summed E-state index contributed by atoms with van der Waals surface area (Å²) in [6.45, 7) is 1.97. The van der Waals surface area contributed by atoms with Gasteiger partial charge in [-0.05, 0) is 30.7 Å². The molecule has 0 bridgehead atoms. The molecule has 0 aliphatic heterocycles. The third kappa shape index (κ3) is 1.61. The van der Waals surface area contributed by atoms with E-state index >= 15 is 0 Å². The summed E-state index contributed by atoms with van der Waals surface area (Å²) in [6, 6.07) is 9.45. The number of furan rings is 1. The summed E-state index contributed by atoms with van der Waals surface area (Å²) in [5.41, 5.74) is 2.05. The normalized spacial score (nSPS) is 10.3. The van der Waals surface area contributed by atoms with E-state index < -0.39 is 0 Å². The second-order valence-electron chi connectivity index (χ2n) is 2.88. The van der Waals surface area contributed by atoms with Crippen molar-refractivity contribution < 1.29 is 4.42 Å². The molecule has 1 heterocycles. The molecule has 65 valence electrons. The molecule has 1 aromatic heterocycles. The molecule has 1 radical (unpaired) electrons. The zero-order valence-electron chi connectivity index (χ0n) is 7.17. The molecule has 0 spiro atoms. The molecule has 0 atom stereocenters. The summed E-state index contributed by atoms with van der Waals surface area (Å²) >= 11 is 5.98. The lowest BCUT2D eigenvalue weighted by Gasteiger charge is -2.00. The van der Waals surface area contributed by atoms with Crippen LogP contribution in [0.25, 0.3) is 11.3 Å². The van der Waals surface area contributed by atoms with Gasteiger partial charge in [-0.1, -0.05) is 23.7 Å². The van der Waals surface area contributed by atoms with Gasteiger partial charge in [0.1, 0.15) is 5.76 Å². The Kier molecular flexibility index (Phi) is 2.11. The van der Waals surface area contributed by atoms with Crippen molar-refractivity contribution in [2.45, 2.75) is 6.92 Å². The first-order chi connectivity index (χ1) is 6.27. The standard InChI is InChI=1S/C11H8ClO/c1-8-4-5-9(7-10(8)12)11-3-2-6-13-11/h2-5,7H,1H3. The van der Waals surface area contributed by atoms with Gasteiger partial charge < -0.3 is 4.42 Å². The molecule has 2 aromatic rings. The zero-order valence-corrected chi connectivity index (χ0v) is 7.93. The molecule has 0 N–H and O–H groups in total. The van der Waals surface area contributed by atoms with Gasteiger partial charge in [0, 0.05) is 10.6 Å². The molecule has 2 rings (SSSR count). The van der Waals surface area contributed by atoms with E-state index in [1.165, 1.54) is 0 Å². The Labute approximate surface area is 82.0 Å². The maximum absolute atomic E-state index is 5.98. The summed E-state index contributed by atoms with van der Waals surface area (Å²) in [5, 5.41) is 0.758. The van der Waals surface area contributed by atoms with Crippen molar-refractivity contribution >= 4 is 11.6 Å². The molecule has 0 saturated heterocycles. The van der Waals surface area contributed by atoms with Gasteiger partial charge in [-0.2, -0.15) is 0 Å². The molecule has 0 aliphatic rings. The topological polar surface area (TPSA) is 13.1 Å². The third-order valence-corrected chi connectivity index (χ3v) is 2.34. The van der Waals surface area contributed by atoms with Crippen molar-refractivity contribution in [1.29, 1.82) is 0 Å². The predicted molar refractivity (Wildman–Crippen MR) is 52.7 cm³/mol. The molecule has 0 saturated carbocycles. The van der Waals surface area contributed by atoms with E-state index in [-0.39, 0.29) is 0 Å². The maximum Gasteiger partial charge on any atom is 0.170 e. The van der Waals surface area contributed by atoms with Crippen molar-refractivity contribution in [3.63, 3.8) is 0 Å². The summed E-state index contributed by atoms with van der Waals surface area (Å²) in [4.78, 5) is 0. The fourth-order valence-corrected chi connectivity index (χ4v) is 1.32. The van der Waals surface area contributed by atoms with E-state index in [0.29, 0.717) is 0 Å². The minimum atomic E-state index is 0.758. The van der Waals surface area contributed by atoms with Crippen LogP contribution in [0.1, 0.15) is 5.56 Å². The van der Waals surface area contributed by atoms with Gasteiger partial charge in [0.25, 0.3) is 0 Å². The van der Waals surface area contributed by atoms with E-state index in [9.17, 15) is 0 Å². The van der Waals surface area contributed by atoms with Crippen LogP contribution in [0, 0.1) is 13.2 Å². The number of halogens is 1. The fourth-order valence-electron chi connectivity index (χ4n) is 1.14. The van der Waals surface area contributed by atoms with Crippen molar-refractivity contribution in [2.75, 3.05) is 0 Å². The third-order valence-electron chi connectivity index (χ3n) is 1.93. The van der Waals surface area contributed by atoms with Gasteiger partial charge in [0.15, 0.2) is 6.26 Å². The average molecular weight is 192 g/mol. The lowest BCUT2D eigenvalue weighted by atomic mass is 10.1. The van der Waals surface area contributed by atoms with Gasteiger partial charge in [-0.15, -0.1) is 0 Å². The fraction of sp³-hybridized carbons (Fsp3) is 0.0909. The van der Waals surface area contributed by atoms with Gasteiger partial charge in [0.05, 0.1) is 0 Å². The molecular weight excluding hydrogens is 184 g/mol. The van der Waals surface area contributed by atoms with Crippen LogP contribution in [0.2, 0.25) is 5.02 Å². The Hall–Kier alpha value is -1.21. The predicted octanol–water partition coefficient (Wildman–Crippen LogP) is 3.71. The van der Waals surface area contributed by atoms with Crippen LogP contribution < -0.4 is 0 Å². The largest absolute Gasteiger partial charge is 0.453 e. The molecule has 0 amide bonds. The summed E-state index contributed by atoms with van der Waals surface area (Å²) in [5.74, 6) is 0.793. The van der Waals surface area contributed by atoms with Crippen LogP contribution in [-0.2, 0) is 0 Å². The van der Waals surface area contributed by atoms with Crippen molar-refractivity contribution in [1.82, 2.24) is 0 Å². The molecule has 1 nitrogen and oxygen atoms in total. The van der Waals surface area contributed by atoms with Gasteiger partial charge in [-0.25, -0.2) is 0 Å². The number of hydrogen-bond donors (Lipinski definition) is 0. The van der Waals surface area contributed by atoms with Crippen LogP contribution in [0.4, 0.5) is 0 Å². The lowest BCUT2D eigenvalue weighted by Crippen LogP contribution is -1.77. The van der Waals surface area contributed by atoms with Crippen LogP contribution in [0.5, 0.6) is 0 Å². The van der Waals surface area contributed by atoms with Gasteiger partial charge >= 0.3 is 0 Å². The molecular formula is C11H8ClO. The Morgan fingerprint density at radius 3 is 2.77 bits per heavy atom. The van der Waals surface area contributed by atoms with Crippen molar-refractivity contribution in [3.05, 3.63) is 47.2 Å². The molecule has 0 unspecified atom stereocenters. The molecule has 1 aromatic carbocycles. The monoisotopic (exact) mass is 191 g/mol. The average Bonchev–Trinajstić information content (AvgIpc) is 2.62. The Morgan fingerprint density at radius 1 is 1.31 bits per heavy atom. The van der Waals surface area contributed by atoms with Crippen LogP contribution in [0.15, 0.2) is 34.7 Å². The SMILES string of the molecule is Cc1ccc(-c2cc[c]o2)cc1Cl. The highest BCUT2D eigenvalue weighted by atomic mass is 35.5.